The molecule has 1 aromatic rings. The fourth-order valence-electron chi connectivity index (χ4n) is 3.37. The fraction of sp³-hybridized carbons (Fsp3) is 0.500. The number of hydrogen-bond donors (Lipinski definition) is 1. The van der Waals surface area contributed by atoms with E-state index in [4.69, 9.17) is 0 Å². The Balaban J connectivity index is 1.86. The van der Waals surface area contributed by atoms with Crippen molar-refractivity contribution in [2.45, 2.75) is 27.2 Å². The molecule has 0 aromatic heterocycles. The van der Waals surface area contributed by atoms with E-state index in [-0.39, 0.29) is 17.7 Å². The monoisotopic (exact) mass is 400 g/mol. The van der Waals surface area contributed by atoms with Crippen molar-refractivity contribution in [2.24, 2.45) is 0 Å². The molecule has 0 atom stereocenters. The zero-order valence-corrected chi connectivity index (χ0v) is 17.7. The highest BCUT2D eigenvalue weighted by Gasteiger charge is 2.20. The summed E-state index contributed by atoms with van der Waals surface area (Å²) in [5, 5.41) is 2.72. The second kappa shape index (κ2) is 11.4. The highest BCUT2D eigenvalue weighted by molar-refractivity contribution is 5.92. The lowest BCUT2D eigenvalue weighted by Crippen LogP contribution is -2.41. The van der Waals surface area contributed by atoms with Crippen LogP contribution in [0.2, 0.25) is 0 Å². The van der Waals surface area contributed by atoms with Crippen molar-refractivity contribution < 1.29 is 14.4 Å². The van der Waals surface area contributed by atoms with Crippen molar-refractivity contribution in [3.05, 3.63) is 35.9 Å². The number of nitrogens with one attached hydrogen (secondary N) is 1. The van der Waals surface area contributed by atoms with Crippen molar-refractivity contribution in [1.29, 1.82) is 0 Å². The third kappa shape index (κ3) is 7.34. The van der Waals surface area contributed by atoms with Gasteiger partial charge in [0.05, 0.1) is 6.54 Å². The third-order valence-corrected chi connectivity index (χ3v) is 5.02. The molecule has 0 bridgehead atoms. The average Bonchev–Trinajstić information content (AvgIpc) is 2.93. The van der Waals surface area contributed by atoms with E-state index < -0.39 is 0 Å². The summed E-state index contributed by atoms with van der Waals surface area (Å²) in [7, 11) is 0. The SMILES string of the molecule is CCN(CC)C(=O)CN1CCCN(C(=O)/C=C/c2ccc(NC(C)=O)cc2)CC1. The minimum Gasteiger partial charge on any atom is -0.342 e. The van der Waals surface area contributed by atoms with Crippen LogP contribution in [0.15, 0.2) is 30.3 Å². The maximum atomic E-state index is 12.6. The number of hydrogen-bond acceptors (Lipinski definition) is 4. The molecule has 0 spiro atoms. The average molecular weight is 401 g/mol. The molecular weight excluding hydrogens is 368 g/mol. The van der Waals surface area contributed by atoms with Crippen molar-refractivity contribution in [3.8, 4) is 0 Å². The maximum absolute atomic E-state index is 12.6. The van der Waals surface area contributed by atoms with E-state index in [1.54, 1.807) is 12.2 Å². The Morgan fingerprint density at radius 1 is 1.03 bits per heavy atom. The van der Waals surface area contributed by atoms with Crippen LogP contribution in [0.4, 0.5) is 5.69 Å². The van der Waals surface area contributed by atoms with Gasteiger partial charge in [-0.1, -0.05) is 12.1 Å². The highest BCUT2D eigenvalue weighted by atomic mass is 16.2. The van der Waals surface area contributed by atoms with Crippen LogP contribution in [0, 0.1) is 0 Å². The van der Waals surface area contributed by atoms with Gasteiger partial charge in [0.1, 0.15) is 0 Å². The standard InChI is InChI=1S/C22H32N4O3/c1-4-25(5-2)22(29)17-24-13-6-14-26(16-15-24)21(28)12-9-19-7-10-20(11-8-19)23-18(3)27/h7-12H,4-6,13-17H2,1-3H3,(H,23,27)/b12-9+. The number of carbonyl (C=O) groups is 3. The molecule has 1 heterocycles. The molecule has 1 aliphatic heterocycles. The lowest BCUT2D eigenvalue weighted by Gasteiger charge is -2.25. The van der Waals surface area contributed by atoms with Gasteiger partial charge in [0.15, 0.2) is 0 Å². The Hall–Kier alpha value is -2.67. The van der Waals surface area contributed by atoms with Crippen LogP contribution in [-0.4, -0.2) is 78.2 Å². The molecule has 0 aliphatic carbocycles. The summed E-state index contributed by atoms with van der Waals surface area (Å²) in [4.78, 5) is 41.7. The van der Waals surface area contributed by atoms with Gasteiger partial charge in [0, 0.05) is 58.0 Å². The first-order valence-corrected chi connectivity index (χ1v) is 10.3. The number of carbonyl (C=O) groups excluding carboxylic acids is 3. The van der Waals surface area contributed by atoms with E-state index in [1.807, 2.05) is 47.9 Å². The summed E-state index contributed by atoms with van der Waals surface area (Å²) in [5.74, 6) is 0.0164. The van der Waals surface area contributed by atoms with Gasteiger partial charge in [-0.25, -0.2) is 0 Å². The van der Waals surface area contributed by atoms with Crippen molar-refractivity contribution in [2.75, 3.05) is 51.1 Å². The molecular formula is C22H32N4O3. The molecule has 0 radical (unpaired) electrons. The first-order valence-electron chi connectivity index (χ1n) is 10.3. The lowest BCUT2D eigenvalue weighted by molar-refractivity contribution is -0.132. The summed E-state index contributed by atoms with van der Waals surface area (Å²) >= 11 is 0. The second-order valence-corrected chi connectivity index (χ2v) is 7.16. The normalized spacial score (nSPS) is 15.2. The molecule has 29 heavy (non-hydrogen) atoms. The smallest absolute Gasteiger partial charge is 0.246 e. The largest absolute Gasteiger partial charge is 0.342 e. The molecule has 1 aromatic carbocycles. The van der Waals surface area contributed by atoms with Crippen LogP contribution in [0.5, 0.6) is 0 Å². The summed E-state index contributed by atoms with van der Waals surface area (Å²) < 4.78 is 0. The molecule has 3 amide bonds. The first kappa shape index (κ1) is 22.6. The number of benzene rings is 1. The summed E-state index contributed by atoms with van der Waals surface area (Å²) in [6.45, 7) is 10.2. The Labute approximate surface area is 173 Å². The molecule has 1 N–H and O–H groups in total. The van der Waals surface area contributed by atoms with Crippen LogP contribution in [0.1, 0.15) is 32.8 Å². The van der Waals surface area contributed by atoms with Gasteiger partial charge in [0.25, 0.3) is 0 Å². The van der Waals surface area contributed by atoms with Crippen LogP contribution in [-0.2, 0) is 14.4 Å². The van der Waals surface area contributed by atoms with Crippen molar-refractivity contribution in [3.63, 3.8) is 0 Å². The topological polar surface area (TPSA) is 73.0 Å². The molecule has 158 valence electrons. The number of rotatable bonds is 7. The minimum atomic E-state index is -0.113. The third-order valence-electron chi connectivity index (χ3n) is 5.02. The number of amides is 3. The highest BCUT2D eigenvalue weighted by Crippen LogP contribution is 2.11. The van der Waals surface area contributed by atoms with Gasteiger partial charge in [-0.3, -0.25) is 19.3 Å². The molecule has 0 unspecified atom stereocenters. The van der Waals surface area contributed by atoms with Crippen LogP contribution in [0.25, 0.3) is 6.08 Å². The van der Waals surface area contributed by atoms with E-state index >= 15 is 0 Å². The Bertz CT molecular complexity index is 726. The van der Waals surface area contributed by atoms with Crippen LogP contribution >= 0.6 is 0 Å². The molecule has 2 rings (SSSR count). The van der Waals surface area contributed by atoms with E-state index in [1.165, 1.54) is 6.92 Å². The van der Waals surface area contributed by atoms with Gasteiger partial charge >= 0.3 is 0 Å². The summed E-state index contributed by atoms with van der Waals surface area (Å²) in [6.07, 6.45) is 4.23. The zero-order valence-electron chi connectivity index (χ0n) is 17.7. The van der Waals surface area contributed by atoms with Crippen LogP contribution in [0.3, 0.4) is 0 Å². The Morgan fingerprint density at radius 3 is 2.34 bits per heavy atom. The molecule has 1 saturated heterocycles. The quantitative estimate of drug-likeness (QED) is 0.711. The van der Waals surface area contributed by atoms with Gasteiger partial charge in [-0.15, -0.1) is 0 Å². The molecule has 1 aliphatic rings. The Morgan fingerprint density at radius 2 is 1.72 bits per heavy atom. The minimum absolute atomic E-state index is 0.0205. The van der Waals surface area contributed by atoms with E-state index in [2.05, 4.69) is 10.2 Å². The Kier molecular flexibility index (Phi) is 8.86. The summed E-state index contributed by atoms with van der Waals surface area (Å²) in [5.41, 5.74) is 1.63. The molecule has 7 nitrogen and oxygen atoms in total. The summed E-state index contributed by atoms with van der Waals surface area (Å²) in [6, 6.07) is 7.33. The number of nitrogens with zero attached hydrogens (tertiary/aromatic N) is 3. The molecule has 7 heteroatoms. The maximum Gasteiger partial charge on any atom is 0.246 e. The van der Waals surface area contributed by atoms with Gasteiger partial charge in [-0.2, -0.15) is 0 Å². The van der Waals surface area contributed by atoms with Crippen molar-refractivity contribution in [1.82, 2.24) is 14.7 Å². The predicted octanol–water partition coefficient (Wildman–Crippen LogP) is 2.06. The van der Waals surface area contributed by atoms with E-state index in [0.717, 1.165) is 37.3 Å². The second-order valence-electron chi connectivity index (χ2n) is 7.16. The molecule has 0 saturated carbocycles. The van der Waals surface area contributed by atoms with Gasteiger partial charge in [-0.05, 0) is 44.0 Å². The van der Waals surface area contributed by atoms with Gasteiger partial charge < -0.3 is 15.1 Å². The van der Waals surface area contributed by atoms with E-state index in [0.29, 0.717) is 26.2 Å². The number of anilines is 1. The van der Waals surface area contributed by atoms with E-state index in [9.17, 15) is 14.4 Å². The molecule has 1 fully saturated rings. The lowest BCUT2D eigenvalue weighted by atomic mass is 10.2. The number of likely N-dealkylation sites (N-methyl/N-ethyl adjacent to an activating group) is 1. The van der Waals surface area contributed by atoms with Crippen LogP contribution < -0.4 is 5.32 Å². The first-order chi connectivity index (χ1) is 13.9. The van der Waals surface area contributed by atoms with Crippen molar-refractivity contribution >= 4 is 29.5 Å². The van der Waals surface area contributed by atoms with Gasteiger partial charge in [0.2, 0.25) is 17.7 Å². The fourth-order valence-corrected chi connectivity index (χ4v) is 3.37. The predicted molar refractivity (Wildman–Crippen MR) is 115 cm³/mol. The zero-order chi connectivity index (χ0) is 21.2.